The first-order valence-corrected chi connectivity index (χ1v) is 7.43. The molecule has 2 heterocycles. The van der Waals surface area contributed by atoms with E-state index in [9.17, 15) is 4.79 Å². The van der Waals surface area contributed by atoms with Crippen molar-refractivity contribution in [2.75, 3.05) is 0 Å². The maximum atomic E-state index is 12.5. The molecule has 0 spiro atoms. The predicted molar refractivity (Wildman–Crippen MR) is 83.8 cm³/mol. The molecule has 0 aliphatic carbocycles. The molecule has 1 N–H and O–H groups in total. The Bertz CT molecular complexity index is 676. The Morgan fingerprint density at radius 2 is 2.00 bits per heavy atom. The molecule has 0 atom stereocenters. The van der Waals surface area contributed by atoms with Crippen molar-refractivity contribution >= 4 is 5.91 Å². The molecule has 2 aromatic rings. The third-order valence-corrected chi connectivity index (χ3v) is 3.82. The molecule has 0 aliphatic rings. The quantitative estimate of drug-likeness (QED) is 0.942. The average Bonchev–Trinajstić information content (AvgIpc) is 2.92. The number of rotatable bonds is 4. The van der Waals surface area contributed by atoms with Crippen LogP contribution in [0.3, 0.4) is 0 Å². The summed E-state index contributed by atoms with van der Waals surface area (Å²) in [6.07, 6.45) is 0. The van der Waals surface area contributed by atoms with Gasteiger partial charge in [0.15, 0.2) is 0 Å². The van der Waals surface area contributed by atoms with Crippen molar-refractivity contribution in [1.82, 2.24) is 20.3 Å². The summed E-state index contributed by atoms with van der Waals surface area (Å²) in [7, 11) is 1.85. The van der Waals surface area contributed by atoms with Crippen LogP contribution in [0.25, 0.3) is 0 Å². The second-order valence-electron chi connectivity index (χ2n) is 6.51. The first-order valence-electron chi connectivity index (χ1n) is 7.43. The summed E-state index contributed by atoms with van der Waals surface area (Å²) in [5, 5.41) is 11.3. The van der Waals surface area contributed by atoms with Gasteiger partial charge in [-0.05, 0) is 39.7 Å². The van der Waals surface area contributed by atoms with E-state index in [2.05, 4.69) is 29.4 Å². The molecule has 6 nitrogen and oxygen atoms in total. The Morgan fingerprint density at radius 1 is 1.36 bits per heavy atom. The lowest BCUT2D eigenvalue weighted by Gasteiger charge is -2.25. The number of nitrogens with one attached hydrogen (secondary N) is 1. The highest BCUT2D eigenvalue weighted by atomic mass is 16.5. The van der Waals surface area contributed by atoms with Crippen LogP contribution in [-0.4, -0.2) is 20.8 Å². The van der Waals surface area contributed by atoms with Crippen molar-refractivity contribution in [2.24, 2.45) is 7.05 Å². The van der Waals surface area contributed by atoms with Crippen LogP contribution in [0.15, 0.2) is 10.6 Å². The van der Waals surface area contributed by atoms with E-state index in [1.54, 1.807) is 4.68 Å². The number of carbonyl (C=O) groups excluding carboxylic acids is 1. The molecule has 0 unspecified atom stereocenters. The van der Waals surface area contributed by atoms with Crippen molar-refractivity contribution in [3.63, 3.8) is 0 Å². The van der Waals surface area contributed by atoms with Crippen LogP contribution in [0, 0.1) is 13.8 Å². The highest BCUT2D eigenvalue weighted by molar-refractivity contribution is 5.93. The van der Waals surface area contributed by atoms with E-state index in [-0.39, 0.29) is 5.91 Å². The van der Waals surface area contributed by atoms with Crippen molar-refractivity contribution < 1.29 is 9.32 Å². The number of amides is 1. The van der Waals surface area contributed by atoms with Crippen LogP contribution in [0.2, 0.25) is 0 Å². The van der Waals surface area contributed by atoms with Gasteiger partial charge >= 0.3 is 0 Å². The highest BCUT2D eigenvalue weighted by Gasteiger charge is 2.30. The topological polar surface area (TPSA) is 73.0 Å². The second kappa shape index (κ2) is 5.59. The second-order valence-corrected chi connectivity index (χ2v) is 6.51. The molecule has 2 aromatic heterocycles. The minimum absolute atomic E-state index is 0.201. The molecule has 6 heteroatoms. The molecule has 120 valence electrons. The minimum Gasteiger partial charge on any atom is -0.361 e. The third-order valence-electron chi connectivity index (χ3n) is 3.82. The minimum atomic E-state index is -0.583. The molecule has 0 saturated heterocycles. The van der Waals surface area contributed by atoms with Gasteiger partial charge in [0.25, 0.3) is 5.91 Å². The van der Waals surface area contributed by atoms with E-state index in [4.69, 9.17) is 4.52 Å². The van der Waals surface area contributed by atoms with E-state index in [1.165, 1.54) is 0 Å². The van der Waals surface area contributed by atoms with E-state index >= 15 is 0 Å². The SMILES string of the molecule is Cc1noc(C)c1C(C)(C)NC(=O)c1cc(C(C)C)n(C)n1. The fraction of sp³-hybridized carbons (Fsp3) is 0.562. The maximum Gasteiger partial charge on any atom is 0.272 e. The van der Waals surface area contributed by atoms with Crippen molar-refractivity contribution in [1.29, 1.82) is 0 Å². The number of hydrogen-bond acceptors (Lipinski definition) is 4. The molecular formula is C16H24N4O2. The third kappa shape index (κ3) is 2.91. The number of aromatic nitrogens is 3. The summed E-state index contributed by atoms with van der Waals surface area (Å²) < 4.78 is 6.96. The van der Waals surface area contributed by atoms with Gasteiger partial charge in [0.1, 0.15) is 11.5 Å². The Hall–Kier alpha value is -2.11. The van der Waals surface area contributed by atoms with Gasteiger partial charge in [-0.3, -0.25) is 9.48 Å². The van der Waals surface area contributed by atoms with Gasteiger partial charge in [-0.25, -0.2) is 0 Å². The molecule has 0 bridgehead atoms. The van der Waals surface area contributed by atoms with Gasteiger partial charge in [-0.15, -0.1) is 0 Å². The Labute approximate surface area is 130 Å². The fourth-order valence-corrected chi connectivity index (χ4v) is 2.92. The summed E-state index contributed by atoms with van der Waals surface area (Å²) in [5.41, 5.74) is 2.56. The van der Waals surface area contributed by atoms with E-state index in [1.807, 2.05) is 40.8 Å². The van der Waals surface area contributed by atoms with Gasteiger partial charge in [-0.1, -0.05) is 19.0 Å². The lowest BCUT2D eigenvalue weighted by atomic mass is 9.92. The Morgan fingerprint density at radius 3 is 2.45 bits per heavy atom. The van der Waals surface area contributed by atoms with Crippen LogP contribution in [0.5, 0.6) is 0 Å². The predicted octanol–water partition coefficient (Wildman–Crippen LogP) is 2.81. The fourth-order valence-electron chi connectivity index (χ4n) is 2.92. The van der Waals surface area contributed by atoms with Crippen LogP contribution in [-0.2, 0) is 12.6 Å². The lowest BCUT2D eigenvalue weighted by molar-refractivity contribution is 0.0905. The number of nitrogens with zero attached hydrogens (tertiary/aromatic N) is 3. The van der Waals surface area contributed by atoms with Crippen molar-refractivity contribution in [2.45, 2.75) is 53.0 Å². The smallest absolute Gasteiger partial charge is 0.272 e. The number of aryl methyl sites for hydroxylation is 3. The molecule has 0 aromatic carbocycles. The number of carbonyl (C=O) groups is 1. The molecule has 2 rings (SSSR count). The Balaban J connectivity index is 2.26. The van der Waals surface area contributed by atoms with E-state index in [0.29, 0.717) is 17.4 Å². The zero-order valence-corrected chi connectivity index (χ0v) is 14.3. The van der Waals surface area contributed by atoms with Gasteiger partial charge in [-0.2, -0.15) is 5.10 Å². The zero-order chi connectivity index (χ0) is 16.7. The van der Waals surface area contributed by atoms with Crippen molar-refractivity contribution in [3.05, 3.63) is 34.5 Å². The first-order chi connectivity index (χ1) is 10.1. The lowest BCUT2D eigenvalue weighted by Crippen LogP contribution is -2.41. The monoisotopic (exact) mass is 304 g/mol. The van der Waals surface area contributed by atoms with Crippen LogP contribution in [0.4, 0.5) is 0 Å². The standard InChI is InChI=1S/C16H24N4O2/c1-9(2)13-8-12(18-20(13)7)15(21)17-16(5,6)14-10(3)19-22-11(14)4/h8-9H,1-7H3,(H,17,21). The Kier molecular flexibility index (Phi) is 4.13. The molecule has 1 amide bonds. The van der Waals surface area contributed by atoms with Crippen LogP contribution < -0.4 is 5.32 Å². The molecule has 0 fully saturated rings. The molecule has 0 aliphatic heterocycles. The average molecular weight is 304 g/mol. The van der Waals surface area contributed by atoms with Crippen molar-refractivity contribution in [3.8, 4) is 0 Å². The summed E-state index contributed by atoms with van der Waals surface area (Å²) >= 11 is 0. The van der Waals surface area contributed by atoms with E-state index in [0.717, 1.165) is 17.0 Å². The van der Waals surface area contributed by atoms with Gasteiger partial charge in [0.2, 0.25) is 0 Å². The summed E-state index contributed by atoms with van der Waals surface area (Å²) in [6, 6.07) is 1.84. The number of hydrogen-bond donors (Lipinski definition) is 1. The highest BCUT2D eigenvalue weighted by Crippen LogP contribution is 2.27. The first kappa shape index (κ1) is 16.3. The van der Waals surface area contributed by atoms with Crippen LogP contribution >= 0.6 is 0 Å². The van der Waals surface area contributed by atoms with Gasteiger partial charge in [0.05, 0.1) is 11.2 Å². The maximum absolute atomic E-state index is 12.5. The molecule has 0 radical (unpaired) electrons. The summed E-state index contributed by atoms with van der Waals surface area (Å²) in [4.78, 5) is 12.5. The molecule has 22 heavy (non-hydrogen) atoms. The normalized spacial score (nSPS) is 12.0. The van der Waals surface area contributed by atoms with Crippen LogP contribution in [0.1, 0.15) is 66.8 Å². The molecule has 0 saturated carbocycles. The summed E-state index contributed by atoms with van der Waals surface area (Å²) in [5.74, 6) is 0.828. The summed E-state index contributed by atoms with van der Waals surface area (Å²) in [6.45, 7) is 11.7. The van der Waals surface area contributed by atoms with Gasteiger partial charge in [0, 0.05) is 18.3 Å². The van der Waals surface area contributed by atoms with E-state index < -0.39 is 5.54 Å². The van der Waals surface area contributed by atoms with Gasteiger partial charge < -0.3 is 9.84 Å². The zero-order valence-electron chi connectivity index (χ0n) is 14.3. The molecular weight excluding hydrogens is 280 g/mol. The largest absolute Gasteiger partial charge is 0.361 e.